The lowest BCUT2D eigenvalue weighted by Crippen LogP contribution is -2.38. The molecule has 0 saturated carbocycles. The maximum atomic E-state index is 12.4. The number of rotatable bonds is 3. The van der Waals surface area contributed by atoms with Crippen LogP contribution in [0.5, 0.6) is 0 Å². The van der Waals surface area contributed by atoms with Crippen molar-refractivity contribution in [2.75, 3.05) is 20.1 Å². The molecule has 1 heterocycles. The number of nitriles is 1. The average Bonchev–Trinajstić information content (AvgIpc) is 2.91. The minimum absolute atomic E-state index is 0.0400. The van der Waals surface area contributed by atoms with Gasteiger partial charge in [-0.1, -0.05) is 12.1 Å². The van der Waals surface area contributed by atoms with Crippen LogP contribution in [-0.4, -0.2) is 38.9 Å². The molecule has 1 aromatic rings. The van der Waals surface area contributed by atoms with Gasteiger partial charge >= 0.3 is 0 Å². The van der Waals surface area contributed by atoms with Crippen LogP contribution in [0.25, 0.3) is 0 Å². The van der Waals surface area contributed by atoms with Crippen LogP contribution >= 0.6 is 0 Å². The van der Waals surface area contributed by atoms with E-state index in [2.05, 4.69) is 5.32 Å². The summed E-state index contributed by atoms with van der Waals surface area (Å²) in [4.78, 5) is 0.0851. The second-order valence-electron chi connectivity index (χ2n) is 4.28. The Morgan fingerprint density at radius 1 is 1.44 bits per heavy atom. The van der Waals surface area contributed by atoms with Crippen molar-refractivity contribution in [3.05, 3.63) is 29.8 Å². The number of likely N-dealkylation sites (N-methyl/N-ethyl adjacent to an activating group) is 1. The van der Waals surface area contributed by atoms with E-state index in [-0.39, 0.29) is 16.5 Å². The maximum Gasteiger partial charge on any atom is 0.244 e. The molecule has 1 aliphatic heterocycles. The molecule has 1 saturated heterocycles. The van der Waals surface area contributed by atoms with E-state index < -0.39 is 10.0 Å². The third-order valence-corrected chi connectivity index (χ3v) is 5.18. The first-order valence-corrected chi connectivity index (χ1v) is 7.19. The summed E-state index contributed by atoms with van der Waals surface area (Å²) < 4.78 is 26.3. The van der Waals surface area contributed by atoms with E-state index in [1.165, 1.54) is 16.4 Å². The number of nitrogens with zero attached hydrogens (tertiary/aromatic N) is 2. The van der Waals surface area contributed by atoms with Gasteiger partial charge in [-0.25, -0.2) is 8.42 Å². The molecule has 0 bridgehead atoms. The Morgan fingerprint density at radius 2 is 2.17 bits per heavy atom. The zero-order chi connectivity index (χ0) is 13.2. The fraction of sp³-hybridized carbons (Fsp3) is 0.417. The molecule has 0 aromatic heterocycles. The van der Waals surface area contributed by atoms with Gasteiger partial charge in [-0.3, -0.25) is 0 Å². The summed E-state index contributed by atoms with van der Waals surface area (Å²) in [6.07, 6.45) is 0.796. The Hall–Kier alpha value is -1.42. The molecule has 96 valence electrons. The van der Waals surface area contributed by atoms with Crippen LogP contribution in [0.3, 0.4) is 0 Å². The van der Waals surface area contributed by atoms with E-state index >= 15 is 0 Å². The maximum absolute atomic E-state index is 12.4. The van der Waals surface area contributed by atoms with Gasteiger partial charge in [-0.2, -0.15) is 9.57 Å². The molecule has 0 spiro atoms. The first-order chi connectivity index (χ1) is 8.57. The van der Waals surface area contributed by atoms with Gasteiger partial charge < -0.3 is 5.32 Å². The van der Waals surface area contributed by atoms with Gasteiger partial charge in [0, 0.05) is 19.6 Å². The smallest absolute Gasteiger partial charge is 0.244 e. The summed E-state index contributed by atoms with van der Waals surface area (Å²) in [5.41, 5.74) is 0.190. The van der Waals surface area contributed by atoms with Gasteiger partial charge in [0.2, 0.25) is 10.0 Å². The molecule has 0 aliphatic carbocycles. The SMILES string of the molecule is CN(C1CCNC1)S(=O)(=O)c1ccccc1C#N. The van der Waals surface area contributed by atoms with Gasteiger partial charge in [0.1, 0.15) is 6.07 Å². The normalized spacial score (nSPS) is 19.9. The summed E-state index contributed by atoms with van der Waals surface area (Å²) in [5.74, 6) is 0. The molecule has 1 fully saturated rings. The minimum atomic E-state index is -3.59. The second-order valence-corrected chi connectivity index (χ2v) is 6.24. The highest BCUT2D eigenvalue weighted by molar-refractivity contribution is 7.89. The lowest BCUT2D eigenvalue weighted by molar-refractivity contribution is 0.387. The molecule has 1 N–H and O–H groups in total. The molecule has 5 nitrogen and oxygen atoms in total. The zero-order valence-electron chi connectivity index (χ0n) is 10.1. The Kier molecular flexibility index (Phi) is 3.66. The van der Waals surface area contributed by atoms with Crippen molar-refractivity contribution in [1.29, 1.82) is 5.26 Å². The van der Waals surface area contributed by atoms with E-state index in [0.29, 0.717) is 6.54 Å². The molecule has 2 rings (SSSR count). The number of hydrogen-bond acceptors (Lipinski definition) is 4. The molecular weight excluding hydrogens is 250 g/mol. The number of sulfonamides is 1. The quantitative estimate of drug-likeness (QED) is 0.865. The number of benzene rings is 1. The standard InChI is InChI=1S/C12H15N3O2S/c1-15(11-6-7-14-9-11)18(16,17)12-5-3-2-4-10(12)8-13/h2-5,11,14H,6-7,9H2,1H3. The summed E-state index contributed by atoms with van der Waals surface area (Å²) in [6.45, 7) is 1.48. The topological polar surface area (TPSA) is 73.2 Å². The van der Waals surface area contributed by atoms with E-state index in [9.17, 15) is 8.42 Å². The third kappa shape index (κ3) is 2.25. The molecule has 0 amide bonds. The summed E-state index contributed by atoms with van der Waals surface area (Å²) in [6, 6.07) is 8.18. The molecule has 1 aromatic carbocycles. The van der Waals surface area contributed by atoms with E-state index in [1.54, 1.807) is 19.2 Å². The van der Waals surface area contributed by atoms with E-state index in [1.807, 2.05) is 6.07 Å². The predicted molar refractivity (Wildman–Crippen MR) is 67.4 cm³/mol. The van der Waals surface area contributed by atoms with E-state index in [4.69, 9.17) is 5.26 Å². The van der Waals surface area contributed by atoms with Crippen LogP contribution in [0.4, 0.5) is 0 Å². The fourth-order valence-electron chi connectivity index (χ4n) is 2.09. The summed E-state index contributed by atoms with van der Waals surface area (Å²) in [7, 11) is -2.02. The van der Waals surface area contributed by atoms with Gasteiger partial charge in [0.25, 0.3) is 0 Å². The molecule has 0 radical (unpaired) electrons. The summed E-state index contributed by atoms with van der Waals surface area (Å²) >= 11 is 0. The van der Waals surface area contributed by atoms with Gasteiger partial charge in [0.15, 0.2) is 0 Å². The highest BCUT2D eigenvalue weighted by Crippen LogP contribution is 2.22. The highest BCUT2D eigenvalue weighted by Gasteiger charge is 2.31. The van der Waals surface area contributed by atoms with Crippen LogP contribution in [-0.2, 0) is 10.0 Å². The fourth-order valence-corrected chi connectivity index (χ4v) is 3.61. The largest absolute Gasteiger partial charge is 0.315 e. The van der Waals surface area contributed by atoms with Gasteiger partial charge in [-0.15, -0.1) is 0 Å². The number of nitrogens with one attached hydrogen (secondary N) is 1. The van der Waals surface area contributed by atoms with Gasteiger partial charge in [-0.05, 0) is 25.1 Å². The Labute approximate surface area is 107 Å². The lowest BCUT2D eigenvalue weighted by atomic mass is 10.2. The van der Waals surface area contributed by atoms with E-state index in [0.717, 1.165) is 13.0 Å². The average molecular weight is 265 g/mol. The Bertz CT molecular complexity index is 571. The summed E-state index contributed by atoms with van der Waals surface area (Å²) in [5, 5.41) is 12.1. The van der Waals surface area contributed by atoms with Crippen molar-refractivity contribution >= 4 is 10.0 Å². The zero-order valence-corrected chi connectivity index (χ0v) is 10.9. The van der Waals surface area contributed by atoms with Crippen molar-refractivity contribution in [1.82, 2.24) is 9.62 Å². The molecular formula is C12H15N3O2S. The van der Waals surface area contributed by atoms with Crippen LogP contribution in [0.1, 0.15) is 12.0 Å². The first-order valence-electron chi connectivity index (χ1n) is 5.75. The Balaban J connectivity index is 2.39. The van der Waals surface area contributed by atoms with Crippen molar-refractivity contribution < 1.29 is 8.42 Å². The molecule has 6 heteroatoms. The van der Waals surface area contributed by atoms with Crippen molar-refractivity contribution in [3.63, 3.8) is 0 Å². The molecule has 1 aliphatic rings. The third-order valence-electron chi connectivity index (χ3n) is 3.21. The molecule has 1 unspecified atom stereocenters. The van der Waals surface area contributed by atoms with Crippen LogP contribution in [0.15, 0.2) is 29.2 Å². The van der Waals surface area contributed by atoms with Crippen molar-refractivity contribution in [2.24, 2.45) is 0 Å². The second kappa shape index (κ2) is 5.06. The number of hydrogen-bond donors (Lipinski definition) is 1. The highest BCUT2D eigenvalue weighted by atomic mass is 32.2. The van der Waals surface area contributed by atoms with Gasteiger partial charge in [0.05, 0.1) is 10.5 Å². The Morgan fingerprint density at radius 3 is 2.78 bits per heavy atom. The van der Waals surface area contributed by atoms with Crippen LogP contribution in [0, 0.1) is 11.3 Å². The predicted octanol–water partition coefficient (Wildman–Crippen LogP) is 0.541. The lowest BCUT2D eigenvalue weighted by Gasteiger charge is -2.23. The molecule has 1 atom stereocenters. The van der Waals surface area contributed by atoms with Crippen molar-refractivity contribution in [2.45, 2.75) is 17.4 Å². The first kappa shape index (κ1) is 13.0. The minimum Gasteiger partial charge on any atom is -0.315 e. The monoisotopic (exact) mass is 265 g/mol. The van der Waals surface area contributed by atoms with Crippen molar-refractivity contribution in [3.8, 4) is 6.07 Å². The van der Waals surface area contributed by atoms with Crippen LogP contribution < -0.4 is 5.32 Å². The molecule has 18 heavy (non-hydrogen) atoms. The van der Waals surface area contributed by atoms with Crippen LogP contribution in [0.2, 0.25) is 0 Å².